The van der Waals surface area contributed by atoms with E-state index in [0.29, 0.717) is 11.3 Å². The Morgan fingerprint density at radius 2 is 1.43 bits per heavy atom. The second-order valence-electron chi connectivity index (χ2n) is 11.5. The van der Waals surface area contributed by atoms with Gasteiger partial charge in [0.15, 0.2) is 0 Å². The molecule has 4 atom stereocenters. The Labute approximate surface area is 186 Å². The topological polar surface area (TPSA) is 27.7 Å². The summed E-state index contributed by atoms with van der Waals surface area (Å²) in [5.41, 5.74) is 0.547. The molecule has 0 saturated heterocycles. The number of benzene rings is 1. The largest absolute Gasteiger partial charge is 0.427 e. The number of hydrogen-bond acceptors (Lipinski definition) is 3. The van der Waals surface area contributed by atoms with E-state index in [2.05, 4.69) is 41.5 Å². The quantitative estimate of drug-likeness (QED) is 0.420. The van der Waals surface area contributed by atoms with Crippen LogP contribution in [-0.4, -0.2) is 12.2 Å². The maximum absolute atomic E-state index is 6.72. The van der Waals surface area contributed by atoms with Crippen molar-refractivity contribution in [1.82, 2.24) is 0 Å². The molecule has 0 aliphatic heterocycles. The van der Waals surface area contributed by atoms with Crippen LogP contribution in [0.1, 0.15) is 92.9 Å². The van der Waals surface area contributed by atoms with Gasteiger partial charge in [0.1, 0.15) is 5.75 Å². The molecular weight excluding hydrogens is 391 g/mol. The summed E-state index contributed by atoms with van der Waals surface area (Å²) in [4.78, 5) is 0. The fourth-order valence-electron chi connectivity index (χ4n) is 5.00. The molecule has 2 fully saturated rings. The third-order valence-electron chi connectivity index (χ3n) is 7.06. The Bertz CT molecular complexity index is 628. The molecule has 1 aromatic rings. The fraction of sp³-hybridized carbons (Fsp3) is 0.769. The molecule has 170 valence electrons. The minimum atomic E-state index is -1.40. The molecule has 0 aromatic heterocycles. The van der Waals surface area contributed by atoms with Gasteiger partial charge >= 0.3 is 8.60 Å². The van der Waals surface area contributed by atoms with E-state index in [1.165, 1.54) is 32.1 Å². The smallest absolute Gasteiger partial charge is 0.397 e. The van der Waals surface area contributed by atoms with Crippen molar-refractivity contribution in [2.75, 3.05) is 0 Å². The summed E-state index contributed by atoms with van der Waals surface area (Å²) >= 11 is 0. The lowest BCUT2D eigenvalue weighted by Crippen LogP contribution is -2.42. The van der Waals surface area contributed by atoms with Crippen LogP contribution in [0.5, 0.6) is 5.75 Å². The molecule has 0 radical (unpaired) electrons. The van der Waals surface area contributed by atoms with E-state index >= 15 is 0 Å². The molecule has 0 heterocycles. The van der Waals surface area contributed by atoms with Gasteiger partial charge in [-0.1, -0.05) is 79.0 Å². The van der Waals surface area contributed by atoms with Crippen LogP contribution in [-0.2, 0) is 9.05 Å². The van der Waals surface area contributed by atoms with E-state index in [1.54, 1.807) is 0 Å². The lowest BCUT2D eigenvalue weighted by molar-refractivity contribution is -0.0261. The van der Waals surface area contributed by atoms with Gasteiger partial charge in [0.25, 0.3) is 0 Å². The number of rotatable bonds is 6. The lowest BCUT2D eigenvalue weighted by Gasteiger charge is -2.47. The summed E-state index contributed by atoms with van der Waals surface area (Å²) in [6.45, 7) is 14.2. The van der Waals surface area contributed by atoms with E-state index in [9.17, 15) is 0 Å². The van der Waals surface area contributed by atoms with Crippen molar-refractivity contribution < 1.29 is 13.6 Å². The molecule has 2 aliphatic carbocycles. The molecule has 2 saturated carbocycles. The van der Waals surface area contributed by atoms with Gasteiger partial charge in [-0.05, 0) is 66.9 Å². The molecule has 3 nitrogen and oxygen atoms in total. The highest BCUT2D eigenvalue weighted by molar-refractivity contribution is 7.42. The number of para-hydroxylation sites is 1. The SMILES string of the molecule is CC(C)(C)C1CCC(OP(Oc2ccccc2)OC2CCCCC2)C(C(C)(C)C)C1. The van der Waals surface area contributed by atoms with Gasteiger partial charge in [0.2, 0.25) is 0 Å². The summed E-state index contributed by atoms with van der Waals surface area (Å²) in [7, 11) is -1.40. The van der Waals surface area contributed by atoms with Crippen LogP contribution in [0.2, 0.25) is 0 Å². The van der Waals surface area contributed by atoms with Crippen molar-refractivity contribution in [3.63, 3.8) is 0 Å². The standard InChI is InChI=1S/C26H43O3P/c1-25(2,3)20-17-18-24(23(19-20)26(4,5)6)29-30(27-21-13-9-7-10-14-21)28-22-15-11-8-12-16-22/h7,9-10,13-14,20,22-24H,8,11-12,15-19H2,1-6H3. The average molecular weight is 435 g/mol. The Balaban J connectivity index is 1.73. The predicted molar refractivity (Wildman–Crippen MR) is 127 cm³/mol. The third kappa shape index (κ3) is 6.94. The second kappa shape index (κ2) is 10.3. The minimum Gasteiger partial charge on any atom is -0.427 e. The molecule has 4 unspecified atom stereocenters. The summed E-state index contributed by atoms with van der Waals surface area (Å²) in [5, 5.41) is 0. The van der Waals surface area contributed by atoms with E-state index in [1.807, 2.05) is 30.3 Å². The molecule has 2 aliphatic rings. The van der Waals surface area contributed by atoms with Crippen molar-refractivity contribution in [3.05, 3.63) is 30.3 Å². The molecule has 30 heavy (non-hydrogen) atoms. The molecule has 3 rings (SSSR count). The van der Waals surface area contributed by atoms with Gasteiger partial charge in [-0.15, -0.1) is 0 Å². The summed E-state index contributed by atoms with van der Waals surface area (Å²) in [6, 6.07) is 10.0. The second-order valence-corrected chi connectivity index (χ2v) is 12.5. The van der Waals surface area contributed by atoms with E-state index in [0.717, 1.165) is 30.9 Å². The van der Waals surface area contributed by atoms with Gasteiger partial charge in [-0.2, -0.15) is 0 Å². The van der Waals surface area contributed by atoms with Gasteiger partial charge in [0.05, 0.1) is 12.2 Å². The van der Waals surface area contributed by atoms with Crippen molar-refractivity contribution >= 4 is 8.60 Å². The van der Waals surface area contributed by atoms with Crippen LogP contribution in [0.3, 0.4) is 0 Å². The zero-order valence-corrected chi connectivity index (χ0v) is 20.9. The highest BCUT2D eigenvalue weighted by Crippen LogP contribution is 2.53. The molecule has 0 amide bonds. The van der Waals surface area contributed by atoms with E-state index in [-0.39, 0.29) is 17.6 Å². The Morgan fingerprint density at radius 3 is 2.03 bits per heavy atom. The first-order chi connectivity index (χ1) is 14.1. The summed E-state index contributed by atoms with van der Waals surface area (Å²) in [5.74, 6) is 2.09. The maximum atomic E-state index is 6.72. The maximum Gasteiger partial charge on any atom is 0.397 e. The Kier molecular flexibility index (Phi) is 8.27. The fourth-order valence-corrected chi connectivity index (χ4v) is 6.36. The van der Waals surface area contributed by atoms with Gasteiger partial charge in [0, 0.05) is 0 Å². The monoisotopic (exact) mass is 434 g/mol. The van der Waals surface area contributed by atoms with Gasteiger partial charge < -0.3 is 4.52 Å². The Hall–Kier alpha value is -0.630. The lowest BCUT2D eigenvalue weighted by atomic mass is 9.62. The first-order valence-electron chi connectivity index (χ1n) is 12.0. The van der Waals surface area contributed by atoms with Crippen molar-refractivity contribution in [2.45, 2.75) is 105 Å². The van der Waals surface area contributed by atoms with Crippen LogP contribution < -0.4 is 4.52 Å². The first kappa shape index (κ1) is 24.0. The molecule has 0 bridgehead atoms. The molecule has 1 aromatic carbocycles. The van der Waals surface area contributed by atoms with Crippen LogP contribution in [0.15, 0.2) is 30.3 Å². The zero-order chi connectivity index (χ0) is 21.8. The zero-order valence-electron chi connectivity index (χ0n) is 20.0. The van der Waals surface area contributed by atoms with Crippen molar-refractivity contribution in [2.24, 2.45) is 22.7 Å². The third-order valence-corrected chi connectivity index (χ3v) is 8.33. The van der Waals surface area contributed by atoms with Crippen LogP contribution in [0.25, 0.3) is 0 Å². The molecule has 0 spiro atoms. The molecule has 4 heteroatoms. The van der Waals surface area contributed by atoms with Crippen LogP contribution in [0.4, 0.5) is 0 Å². The van der Waals surface area contributed by atoms with E-state index < -0.39 is 8.60 Å². The predicted octanol–water partition coefficient (Wildman–Crippen LogP) is 8.54. The highest BCUT2D eigenvalue weighted by Gasteiger charge is 2.43. The van der Waals surface area contributed by atoms with Gasteiger partial charge in [-0.25, -0.2) is 0 Å². The normalized spacial score (nSPS) is 27.6. The van der Waals surface area contributed by atoms with Crippen LogP contribution in [0, 0.1) is 22.7 Å². The molecule has 0 N–H and O–H groups in total. The van der Waals surface area contributed by atoms with Crippen molar-refractivity contribution in [1.29, 1.82) is 0 Å². The number of hydrogen-bond donors (Lipinski definition) is 0. The van der Waals surface area contributed by atoms with Crippen LogP contribution >= 0.6 is 8.60 Å². The molecular formula is C26H43O3P. The van der Waals surface area contributed by atoms with Gasteiger partial charge in [-0.3, -0.25) is 9.05 Å². The Morgan fingerprint density at radius 1 is 0.767 bits per heavy atom. The first-order valence-corrected chi connectivity index (χ1v) is 13.1. The van der Waals surface area contributed by atoms with Crippen molar-refractivity contribution in [3.8, 4) is 5.75 Å². The van der Waals surface area contributed by atoms with E-state index in [4.69, 9.17) is 13.6 Å². The summed E-state index contributed by atoms with van der Waals surface area (Å²) in [6.07, 6.45) is 10.1. The highest BCUT2D eigenvalue weighted by atomic mass is 31.2. The minimum absolute atomic E-state index is 0.196. The average Bonchev–Trinajstić information content (AvgIpc) is 2.68. The summed E-state index contributed by atoms with van der Waals surface area (Å²) < 4.78 is 19.5.